The maximum absolute atomic E-state index is 11.6. The Morgan fingerprint density at radius 2 is 1.82 bits per heavy atom. The fraction of sp³-hybridized carbons (Fsp3) is 0.462. The van der Waals surface area contributed by atoms with Crippen LogP contribution in [0.3, 0.4) is 0 Å². The summed E-state index contributed by atoms with van der Waals surface area (Å²) >= 11 is 0. The second-order valence-electron chi connectivity index (χ2n) is 5.07. The second kappa shape index (κ2) is 6.03. The molecule has 0 bridgehead atoms. The van der Waals surface area contributed by atoms with Crippen LogP contribution < -0.4 is 11.1 Å². The normalized spacial score (nSPS) is 12.5. The van der Waals surface area contributed by atoms with Crippen molar-refractivity contribution in [1.29, 1.82) is 0 Å². The average Bonchev–Trinajstić information content (AvgIpc) is 2.16. The van der Waals surface area contributed by atoms with E-state index >= 15 is 0 Å². The van der Waals surface area contributed by atoms with E-state index in [9.17, 15) is 4.79 Å². The van der Waals surface area contributed by atoms with Gasteiger partial charge in [-0.3, -0.25) is 4.79 Å². The van der Waals surface area contributed by atoms with Crippen LogP contribution >= 0.6 is 12.4 Å². The van der Waals surface area contributed by atoms with Crippen molar-refractivity contribution < 1.29 is 4.79 Å². The molecule has 3 nitrogen and oxygen atoms in total. The van der Waals surface area contributed by atoms with Gasteiger partial charge < -0.3 is 11.1 Å². The molecule has 4 heteroatoms. The highest BCUT2D eigenvalue weighted by molar-refractivity contribution is 5.95. The highest BCUT2D eigenvalue weighted by Gasteiger charge is 2.19. The summed E-state index contributed by atoms with van der Waals surface area (Å²) in [6, 6.07) is 7.32. The largest absolute Gasteiger partial charge is 0.324 e. The second-order valence-corrected chi connectivity index (χ2v) is 5.07. The Balaban J connectivity index is 0.00000256. The molecule has 0 spiro atoms. The standard InChI is InChI=1S/C13H20N2O.ClH/c1-9(14)12(16)15-11-8-6-5-7-10(11)13(2,3)4;/h5-9H,14H2,1-4H3,(H,15,16);1H/t9-;/m1./s1. The molecule has 0 aliphatic carbocycles. The van der Waals surface area contributed by atoms with Crippen molar-refractivity contribution in [2.45, 2.75) is 39.2 Å². The SMILES string of the molecule is C[C@@H](N)C(=O)Nc1ccccc1C(C)(C)C.Cl. The Hall–Kier alpha value is -1.06. The molecule has 0 saturated heterocycles. The van der Waals surface area contributed by atoms with Crippen LogP contribution in [0.4, 0.5) is 5.69 Å². The summed E-state index contributed by atoms with van der Waals surface area (Å²) in [6.07, 6.45) is 0. The number of halogens is 1. The van der Waals surface area contributed by atoms with Gasteiger partial charge in [0.05, 0.1) is 6.04 Å². The quantitative estimate of drug-likeness (QED) is 0.855. The topological polar surface area (TPSA) is 55.1 Å². The molecular formula is C13H21ClN2O. The number of carbonyl (C=O) groups excluding carboxylic acids is 1. The molecule has 0 aromatic heterocycles. The first-order chi connectivity index (χ1) is 7.32. The van der Waals surface area contributed by atoms with Crippen molar-refractivity contribution in [3.05, 3.63) is 29.8 Å². The van der Waals surface area contributed by atoms with Crippen molar-refractivity contribution >= 4 is 24.0 Å². The molecule has 17 heavy (non-hydrogen) atoms. The molecule has 0 radical (unpaired) electrons. The van der Waals surface area contributed by atoms with E-state index in [0.717, 1.165) is 11.3 Å². The molecular weight excluding hydrogens is 236 g/mol. The van der Waals surface area contributed by atoms with Gasteiger partial charge in [-0.05, 0) is 24.0 Å². The molecule has 0 aliphatic heterocycles. The van der Waals surface area contributed by atoms with Gasteiger partial charge in [0.15, 0.2) is 0 Å². The minimum Gasteiger partial charge on any atom is -0.324 e. The fourth-order valence-corrected chi connectivity index (χ4v) is 1.49. The molecule has 0 aliphatic rings. The number of carbonyl (C=O) groups is 1. The number of benzene rings is 1. The lowest BCUT2D eigenvalue weighted by Crippen LogP contribution is -2.33. The van der Waals surface area contributed by atoms with E-state index in [1.54, 1.807) is 6.92 Å². The van der Waals surface area contributed by atoms with Gasteiger partial charge in [-0.1, -0.05) is 39.0 Å². The van der Waals surface area contributed by atoms with Crippen molar-refractivity contribution in [1.82, 2.24) is 0 Å². The van der Waals surface area contributed by atoms with Crippen LogP contribution in [-0.2, 0) is 10.2 Å². The van der Waals surface area contributed by atoms with Crippen LogP contribution in [0.1, 0.15) is 33.3 Å². The van der Waals surface area contributed by atoms with E-state index in [1.165, 1.54) is 0 Å². The van der Waals surface area contributed by atoms with E-state index in [-0.39, 0.29) is 23.7 Å². The zero-order valence-corrected chi connectivity index (χ0v) is 11.6. The van der Waals surface area contributed by atoms with E-state index < -0.39 is 6.04 Å². The number of hydrogen-bond donors (Lipinski definition) is 2. The van der Waals surface area contributed by atoms with Gasteiger partial charge in [-0.15, -0.1) is 12.4 Å². The first-order valence-corrected chi connectivity index (χ1v) is 5.48. The van der Waals surface area contributed by atoms with Gasteiger partial charge in [0, 0.05) is 5.69 Å². The first-order valence-electron chi connectivity index (χ1n) is 5.48. The molecule has 96 valence electrons. The number of rotatable bonds is 2. The molecule has 1 aromatic rings. The molecule has 3 N–H and O–H groups in total. The molecule has 0 fully saturated rings. The molecule has 1 aromatic carbocycles. The molecule has 1 atom stereocenters. The summed E-state index contributed by atoms with van der Waals surface area (Å²) in [4.78, 5) is 11.6. The lowest BCUT2D eigenvalue weighted by molar-refractivity contribution is -0.117. The highest BCUT2D eigenvalue weighted by atomic mass is 35.5. The predicted octanol–water partition coefficient (Wildman–Crippen LogP) is 2.69. The average molecular weight is 257 g/mol. The number of anilines is 1. The summed E-state index contributed by atoms with van der Waals surface area (Å²) in [6.45, 7) is 8.02. The van der Waals surface area contributed by atoms with Gasteiger partial charge in [-0.25, -0.2) is 0 Å². The summed E-state index contributed by atoms with van der Waals surface area (Å²) in [5.74, 6) is -0.156. The number of hydrogen-bond acceptors (Lipinski definition) is 2. The molecule has 1 rings (SSSR count). The van der Waals surface area contributed by atoms with Gasteiger partial charge in [-0.2, -0.15) is 0 Å². The summed E-state index contributed by atoms with van der Waals surface area (Å²) < 4.78 is 0. The third-order valence-electron chi connectivity index (χ3n) is 2.41. The Morgan fingerprint density at radius 1 is 1.29 bits per heavy atom. The third kappa shape index (κ3) is 4.36. The van der Waals surface area contributed by atoms with Crippen LogP contribution in [-0.4, -0.2) is 11.9 Å². The van der Waals surface area contributed by atoms with E-state index in [1.807, 2.05) is 24.3 Å². The number of nitrogens with one attached hydrogen (secondary N) is 1. The van der Waals surface area contributed by atoms with Crippen LogP contribution in [0.25, 0.3) is 0 Å². The maximum atomic E-state index is 11.6. The van der Waals surface area contributed by atoms with Gasteiger partial charge in [0.2, 0.25) is 5.91 Å². The number of amides is 1. The smallest absolute Gasteiger partial charge is 0.241 e. The van der Waals surface area contributed by atoms with Crippen molar-refractivity contribution in [3.63, 3.8) is 0 Å². The summed E-state index contributed by atoms with van der Waals surface area (Å²) in [5, 5.41) is 2.85. The van der Waals surface area contributed by atoms with Gasteiger partial charge in [0.1, 0.15) is 0 Å². The molecule has 0 unspecified atom stereocenters. The van der Waals surface area contributed by atoms with Crippen LogP contribution in [0.5, 0.6) is 0 Å². The Bertz CT molecular complexity index is 383. The van der Waals surface area contributed by atoms with Crippen LogP contribution in [0, 0.1) is 0 Å². The number of nitrogens with two attached hydrogens (primary N) is 1. The fourth-order valence-electron chi connectivity index (χ4n) is 1.49. The van der Waals surface area contributed by atoms with E-state index in [2.05, 4.69) is 26.1 Å². The predicted molar refractivity (Wildman–Crippen MR) is 74.7 cm³/mol. The molecule has 0 saturated carbocycles. The van der Waals surface area contributed by atoms with Crippen molar-refractivity contribution in [2.24, 2.45) is 5.73 Å². The minimum atomic E-state index is -0.493. The lowest BCUT2D eigenvalue weighted by atomic mass is 9.86. The Labute approximate surface area is 109 Å². The van der Waals surface area contributed by atoms with Crippen LogP contribution in [0.15, 0.2) is 24.3 Å². The van der Waals surface area contributed by atoms with Crippen molar-refractivity contribution in [2.75, 3.05) is 5.32 Å². The monoisotopic (exact) mass is 256 g/mol. The van der Waals surface area contributed by atoms with Gasteiger partial charge >= 0.3 is 0 Å². The van der Waals surface area contributed by atoms with E-state index in [0.29, 0.717) is 0 Å². The molecule has 1 amide bonds. The summed E-state index contributed by atoms with van der Waals surface area (Å²) in [7, 11) is 0. The van der Waals surface area contributed by atoms with Crippen molar-refractivity contribution in [3.8, 4) is 0 Å². The molecule has 0 heterocycles. The third-order valence-corrected chi connectivity index (χ3v) is 2.41. The highest BCUT2D eigenvalue weighted by Crippen LogP contribution is 2.29. The van der Waals surface area contributed by atoms with Crippen LogP contribution in [0.2, 0.25) is 0 Å². The first kappa shape index (κ1) is 15.9. The zero-order chi connectivity index (χ0) is 12.3. The maximum Gasteiger partial charge on any atom is 0.241 e. The Kier molecular flexibility index (Phi) is 5.66. The van der Waals surface area contributed by atoms with E-state index in [4.69, 9.17) is 5.73 Å². The number of para-hydroxylation sites is 1. The summed E-state index contributed by atoms with van der Waals surface area (Å²) in [5.41, 5.74) is 7.49. The minimum absolute atomic E-state index is 0. The lowest BCUT2D eigenvalue weighted by Gasteiger charge is -2.23. The zero-order valence-electron chi connectivity index (χ0n) is 10.8. The Morgan fingerprint density at radius 3 is 2.29 bits per heavy atom. The van der Waals surface area contributed by atoms with Gasteiger partial charge in [0.25, 0.3) is 0 Å².